The maximum absolute atomic E-state index is 10.7. The molecule has 1 atom stereocenters. The molecule has 0 amide bonds. The lowest BCUT2D eigenvalue weighted by Crippen LogP contribution is -2.16. The van der Waals surface area contributed by atoms with Crippen LogP contribution < -0.4 is 4.74 Å². The molecule has 1 rings (SSSR count). The molecule has 0 aliphatic heterocycles. The fraction of sp³-hybridized carbons (Fsp3) is 0.500. The zero-order valence-corrected chi connectivity index (χ0v) is 10.3. The minimum atomic E-state index is -0.509. The Kier molecular flexibility index (Phi) is 4.45. The Balaban J connectivity index is 2.88. The molecule has 0 aromatic heterocycles. The van der Waals surface area contributed by atoms with E-state index in [4.69, 9.17) is 4.74 Å². The molecule has 0 aliphatic carbocycles. The SMILES string of the molecule is CCC(O)COc1cc(C)c([N+](=O)[O-])cc1C. The van der Waals surface area contributed by atoms with Gasteiger partial charge in [0.1, 0.15) is 12.4 Å². The van der Waals surface area contributed by atoms with Gasteiger partial charge in [0.2, 0.25) is 0 Å². The van der Waals surface area contributed by atoms with Gasteiger partial charge in [-0.1, -0.05) is 6.92 Å². The van der Waals surface area contributed by atoms with Crippen molar-refractivity contribution in [2.75, 3.05) is 6.61 Å². The molecule has 5 nitrogen and oxygen atoms in total. The van der Waals surface area contributed by atoms with Crippen LogP contribution in [0.2, 0.25) is 0 Å². The Hall–Kier alpha value is -1.62. The predicted octanol–water partition coefficient (Wildman–Crippen LogP) is 2.36. The van der Waals surface area contributed by atoms with E-state index in [2.05, 4.69) is 0 Å². The van der Waals surface area contributed by atoms with Crippen molar-refractivity contribution in [3.63, 3.8) is 0 Å². The standard InChI is InChI=1S/C12H17NO4/c1-4-10(14)7-17-12-6-8(2)11(13(15)16)5-9(12)3/h5-6,10,14H,4,7H2,1-3H3. The van der Waals surface area contributed by atoms with Crippen LogP contribution in [0.25, 0.3) is 0 Å². The van der Waals surface area contributed by atoms with E-state index in [0.717, 1.165) is 0 Å². The Morgan fingerprint density at radius 1 is 1.41 bits per heavy atom. The van der Waals surface area contributed by atoms with Crippen LogP contribution in [0.3, 0.4) is 0 Å². The number of nitro benzene ring substituents is 1. The first-order valence-corrected chi connectivity index (χ1v) is 5.52. The number of rotatable bonds is 5. The third-order valence-electron chi connectivity index (χ3n) is 2.59. The molecule has 0 bridgehead atoms. The second-order valence-electron chi connectivity index (χ2n) is 4.03. The number of hydrogen-bond acceptors (Lipinski definition) is 4. The number of aryl methyl sites for hydroxylation is 2. The van der Waals surface area contributed by atoms with Crippen LogP contribution in [0.4, 0.5) is 5.69 Å². The van der Waals surface area contributed by atoms with Gasteiger partial charge in [0.05, 0.1) is 11.0 Å². The van der Waals surface area contributed by atoms with E-state index in [-0.39, 0.29) is 12.3 Å². The number of nitro groups is 1. The Morgan fingerprint density at radius 2 is 2.06 bits per heavy atom. The molecule has 0 saturated carbocycles. The zero-order valence-electron chi connectivity index (χ0n) is 10.3. The number of nitrogens with zero attached hydrogens (tertiary/aromatic N) is 1. The van der Waals surface area contributed by atoms with Gasteiger partial charge in [-0.25, -0.2) is 0 Å². The van der Waals surface area contributed by atoms with Crippen LogP contribution in [0.1, 0.15) is 24.5 Å². The third-order valence-corrected chi connectivity index (χ3v) is 2.59. The van der Waals surface area contributed by atoms with Gasteiger partial charge in [0.25, 0.3) is 5.69 Å². The number of aliphatic hydroxyl groups is 1. The monoisotopic (exact) mass is 239 g/mol. The van der Waals surface area contributed by atoms with Crippen molar-refractivity contribution >= 4 is 5.69 Å². The minimum absolute atomic E-state index is 0.0888. The van der Waals surface area contributed by atoms with Gasteiger partial charge in [0, 0.05) is 11.6 Å². The molecule has 1 N–H and O–H groups in total. The highest BCUT2D eigenvalue weighted by atomic mass is 16.6. The van der Waals surface area contributed by atoms with Gasteiger partial charge in [-0.05, 0) is 31.9 Å². The van der Waals surface area contributed by atoms with E-state index >= 15 is 0 Å². The van der Waals surface area contributed by atoms with E-state index in [1.807, 2.05) is 6.92 Å². The number of aliphatic hydroxyl groups excluding tert-OH is 1. The first-order chi connectivity index (χ1) is 7.95. The Bertz CT molecular complexity index is 417. The van der Waals surface area contributed by atoms with Gasteiger partial charge in [-0.2, -0.15) is 0 Å². The molecule has 0 spiro atoms. The molecule has 0 radical (unpaired) electrons. The van der Waals surface area contributed by atoms with Gasteiger partial charge in [-0.3, -0.25) is 10.1 Å². The van der Waals surface area contributed by atoms with Crippen molar-refractivity contribution in [3.8, 4) is 5.75 Å². The van der Waals surface area contributed by atoms with Crippen molar-refractivity contribution in [1.82, 2.24) is 0 Å². The number of hydrogen-bond donors (Lipinski definition) is 1. The van der Waals surface area contributed by atoms with Crippen molar-refractivity contribution in [1.29, 1.82) is 0 Å². The summed E-state index contributed by atoms with van der Waals surface area (Å²) in [6.45, 7) is 5.48. The van der Waals surface area contributed by atoms with E-state index in [1.165, 1.54) is 6.07 Å². The van der Waals surface area contributed by atoms with E-state index in [0.29, 0.717) is 23.3 Å². The van der Waals surface area contributed by atoms with Crippen molar-refractivity contribution in [2.45, 2.75) is 33.3 Å². The summed E-state index contributed by atoms with van der Waals surface area (Å²) >= 11 is 0. The highest BCUT2D eigenvalue weighted by Gasteiger charge is 2.14. The molecule has 0 fully saturated rings. The smallest absolute Gasteiger partial charge is 0.272 e. The van der Waals surface area contributed by atoms with Gasteiger partial charge < -0.3 is 9.84 Å². The second-order valence-corrected chi connectivity index (χ2v) is 4.03. The lowest BCUT2D eigenvalue weighted by molar-refractivity contribution is -0.385. The molecule has 1 aromatic carbocycles. The average molecular weight is 239 g/mol. The summed E-state index contributed by atoms with van der Waals surface area (Å²) in [5, 5.41) is 20.1. The summed E-state index contributed by atoms with van der Waals surface area (Å²) in [5.41, 5.74) is 1.35. The van der Waals surface area contributed by atoms with Crippen molar-refractivity contribution in [3.05, 3.63) is 33.4 Å². The minimum Gasteiger partial charge on any atom is -0.491 e. The number of ether oxygens (including phenoxy) is 1. The molecular formula is C12H17NO4. The van der Waals surface area contributed by atoms with Gasteiger partial charge in [-0.15, -0.1) is 0 Å². The van der Waals surface area contributed by atoms with E-state index < -0.39 is 11.0 Å². The summed E-state index contributed by atoms with van der Waals surface area (Å²) in [4.78, 5) is 10.3. The van der Waals surface area contributed by atoms with Crippen molar-refractivity contribution in [2.24, 2.45) is 0 Å². The zero-order chi connectivity index (χ0) is 13.0. The van der Waals surface area contributed by atoms with Crippen LogP contribution >= 0.6 is 0 Å². The lowest BCUT2D eigenvalue weighted by Gasteiger charge is -2.13. The molecule has 94 valence electrons. The second kappa shape index (κ2) is 5.63. The maximum Gasteiger partial charge on any atom is 0.272 e. The summed E-state index contributed by atoms with van der Waals surface area (Å²) in [6.07, 6.45) is 0.107. The van der Waals surface area contributed by atoms with Gasteiger partial charge >= 0.3 is 0 Å². The molecule has 0 aliphatic rings. The highest BCUT2D eigenvalue weighted by Crippen LogP contribution is 2.27. The summed E-state index contributed by atoms with van der Waals surface area (Å²) in [5.74, 6) is 0.584. The topological polar surface area (TPSA) is 72.6 Å². The van der Waals surface area contributed by atoms with E-state index in [9.17, 15) is 15.2 Å². The fourth-order valence-electron chi connectivity index (χ4n) is 1.43. The summed E-state index contributed by atoms with van der Waals surface area (Å²) in [6, 6.07) is 3.12. The molecule has 1 aromatic rings. The molecule has 0 heterocycles. The van der Waals surface area contributed by atoms with Crippen LogP contribution in [0.15, 0.2) is 12.1 Å². The molecule has 5 heteroatoms. The quantitative estimate of drug-likeness (QED) is 0.632. The Morgan fingerprint density at radius 3 is 2.59 bits per heavy atom. The predicted molar refractivity (Wildman–Crippen MR) is 64.4 cm³/mol. The maximum atomic E-state index is 10.7. The van der Waals surface area contributed by atoms with Crippen LogP contribution in [0.5, 0.6) is 5.75 Å². The fourth-order valence-corrected chi connectivity index (χ4v) is 1.43. The molecule has 0 saturated heterocycles. The average Bonchev–Trinajstić information content (AvgIpc) is 2.28. The van der Waals surface area contributed by atoms with Crippen LogP contribution in [-0.4, -0.2) is 22.7 Å². The Labute approximate surface area is 100 Å². The van der Waals surface area contributed by atoms with E-state index in [1.54, 1.807) is 19.9 Å². The van der Waals surface area contributed by atoms with Gasteiger partial charge in [0.15, 0.2) is 0 Å². The highest BCUT2D eigenvalue weighted by molar-refractivity contribution is 5.49. The largest absolute Gasteiger partial charge is 0.491 e. The number of benzene rings is 1. The van der Waals surface area contributed by atoms with Crippen LogP contribution in [-0.2, 0) is 0 Å². The van der Waals surface area contributed by atoms with Crippen LogP contribution in [0, 0.1) is 24.0 Å². The normalized spacial score (nSPS) is 12.2. The summed E-state index contributed by atoms with van der Waals surface area (Å²) in [7, 11) is 0. The summed E-state index contributed by atoms with van der Waals surface area (Å²) < 4.78 is 5.43. The molecular weight excluding hydrogens is 222 g/mol. The molecule has 17 heavy (non-hydrogen) atoms. The first kappa shape index (κ1) is 13.4. The van der Waals surface area contributed by atoms with Crippen molar-refractivity contribution < 1.29 is 14.8 Å². The first-order valence-electron chi connectivity index (χ1n) is 5.52. The lowest BCUT2D eigenvalue weighted by atomic mass is 10.1. The third kappa shape index (κ3) is 3.42. The molecule has 1 unspecified atom stereocenters.